The SMILES string of the molecule is COc1cccc(CC(=O)c2cccnc2)c1. The van der Waals surface area contributed by atoms with Crippen LogP contribution in [0.4, 0.5) is 0 Å². The summed E-state index contributed by atoms with van der Waals surface area (Å²) >= 11 is 0. The molecule has 1 aromatic carbocycles. The Hall–Kier alpha value is -2.16. The number of nitrogens with zero attached hydrogens (tertiary/aromatic N) is 1. The van der Waals surface area contributed by atoms with Crippen LogP contribution in [0.1, 0.15) is 15.9 Å². The zero-order valence-corrected chi connectivity index (χ0v) is 9.59. The zero-order valence-electron chi connectivity index (χ0n) is 9.59. The second-order valence-electron chi connectivity index (χ2n) is 3.69. The monoisotopic (exact) mass is 227 g/mol. The molecule has 0 radical (unpaired) electrons. The number of Topliss-reactive ketones (excluding diaryl/α,β-unsaturated/α-hetero) is 1. The van der Waals surface area contributed by atoms with Crippen LogP contribution >= 0.6 is 0 Å². The molecule has 0 bridgehead atoms. The molecule has 0 unspecified atom stereocenters. The van der Waals surface area contributed by atoms with Crippen molar-refractivity contribution in [1.82, 2.24) is 4.98 Å². The summed E-state index contributed by atoms with van der Waals surface area (Å²) in [7, 11) is 1.61. The molecule has 2 rings (SSSR count). The first kappa shape index (κ1) is 11.3. The van der Waals surface area contributed by atoms with Crippen molar-refractivity contribution in [1.29, 1.82) is 0 Å². The molecular formula is C14H13NO2. The smallest absolute Gasteiger partial charge is 0.168 e. The Balaban J connectivity index is 2.13. The summed E-state index contributed by atoms with van der Waals surface area (Å²) in [5.41, 5.74) is 1.58. The fourth-order valence-corrected chi connectivity index (χ4v) is 1.60. The van der Waals surface area contributed by atoms with Gasteiger partial charge >= 0.3 is 0 Å². The van der Waals surface area contributed by atoms with Gasteiger partial charge in [0.1, 0.15) is 5.75 Å². The minimum absolute atomic E-state index is 0.0614. The average Bonchev–Trinajstić information content (AvgIpc) is 2.40. The van der Waals surface area contributed by atoms with Gasteiger partial charge in [-0.1, -0.05) is 12.1 Å². The molecule has 0 atom stereocenters. The highest BCUT2D eigenvalue weighted by molar-refractivity contribution is 5.97. The van der Waals surface area contributed by atoms with E-state index in [2.05, 4.69) is 4.98 Å². The van der Waals surface area contributed by atoms with Gasteiger partial charge in [-0.3, -0.25) is 9.78 Å². The van der Waals surface area contributed by atoms with Crippen LogP contribution in [0.3, 0.4) is 0 Å². The second-order valence-corrected chi connectivity index (χ2v) is 3.69. The zero-order chi connectivity index (χ0) is 12.1. The highest BCUT2D eigenvalue weighted by atomic mass is 16.5. The molecule has 0 spiro atoms. The maximum absolute atomic E-state index is 11.9. The molecule has 0 aliphatic carbocycles. The molecule has 0 amide bonds. The number of pyridine rings is 1. The molecule has 0 saturated heterocycles. The third kappa shape index (κ3) is 2.91. The average molecular weight is 227 g/mol. The maximum atomic E-state index is 11.9. The molecule has 1 heterocycles. The number of ketones is 1. The van der Waals surface area contributed by atoms with E-state index < -0.39 is 0 Å². The standard InChI is InChI=1S/C14H13NO2/c1-17-13-6-2-4-11(8-13)9-14(16)12-5-3-7-15-10-12/h2-8,10H,9H2,1H3. The van der Waals surface area contributed by atoms with Crippen molar-refractivity contribution in [2.45, 2.75) is 6.42 Å². The van der Waals surface area contributed by atoms with Crippen LogP contribution < -0.4 is 4.74 Å². The molecule has 3 heteroatoms. The summed E-state index contributed by atoms with van der Waals surface area (Å²) in [6, 6.07) is 11.1. The molecule has 0 fully saturated rings. The third-order valence-electron chi connectivity index (χ3n) is 2.48. The van der Waals surface area contributed by atoms with E-state index in [1.54, 1.807) is 31.6 Å². The first-order valence-corrected chi connectivity index (χ1v) is 5.36. The molecule has 0 N–H and O–H groups in total. The second kappa shape index (κ2) is 5.25. The van der Waals surface area contributed by atoms with Crippen LogP contribution in [-0.2, 0) is 6.42 Å². The highest BCUT2D eigenvalue weighted by Gasteiger charge is 2.07. The van der Waals surface area contributed by atoms with E-state index in [0.717, 1.165) is 11.3 Å². The van der Waals surface area contributed by atoms with Crippen molar-refractivity contribution < 1.29 is 9.53 Å². The summed E-state index contributed by atoms with van der Waals surface area (Å²) < 4.78 is 5.12. The fourth-order valence-electron chi connectivity index (χ4n) is 1.60. The Kier molecular flexibility index (Phi) is 3.50. The number of carbonyl (C=O) groups is 1. The molecule has 0 saturated carbocycles. The van der Waals surface area contributed by atoms with Gasteiger partial charge in [0.05, 0.1) is 7.11 Å². The predicted octanol–water partition coefficient (Wildman–Crippen LogP) is 2.52. The molecule has 1 aromatic heterocycles. The van der Waals surface area contributed by atoms with Gasteiger partial charge in [-0.05, 0) is 29.8 Å². The summed E-state index contributed by atoms with van der Waals surface area (Å²) in [5, 5.41) is 0. The van der Waals surface area contributed by atoms with Crippen molar-refractivity contribution in [3.05, 3.63) is 59.9 Å². The molecule has 2 aromatic rings. The van der Waals surface area contributed by atoms with E-state index in [4.69, 9.17) is 4.74 Å². The number of methoxy groups -OCH3 is 1. The van der Waals surface area contributed by atoms with Gasteiger partial charge in [0.15, 0.2) is 5.78 Å². The Morgan fingerprint density at radius 3 is 2.88 bits per heavy atom. The van der Waals surface area contributed by atoms with Crippen LogP contribution in [0.25, 0.3) is 0 Å². The van der Waals surface area contributed by atoms with Crippen LogP contribution in [-0.4, -0.2) is 17.9 Å². The Morgan fingerprint density at radius 1 is 1.29 bits per heavy atom. The number of rotatable bonds is 4. The first-order valence-electron chi connectivity index (χ1n) is 5.36. The van der Waals surface area contributed by atoms with E-state index in [-0.39, 0.29) is 5.78 Å². The summed E-state index contributed by atoms with van der Waals surface area (Å²) in [6.07, 6.45) is 3.60. The normalized spacial score (nSPS) is 9.94. The lowest BCUT2D eigenvalue weighted by Crippen LogP contribution is -2.03. The lowest BCUT2D eigenvalue weighted by atomic mass is 10.0. The summed E-state index contributed by atoms with van der Waals surface area (Å²) in [5.74, 6) is 0.827. The van der Waals surface area contributed by atoms with Crippen molar-refractivity contribution in [3.8, 4) is 5.75 Å². The van der Waals surface area contributed by atoms with Crippen molar-refractivity contribution in [3.63, 3.8) is 0 Å². The predicted molar refractivity (Wildman–Crippen MR) is 65.3 cm³/mol. The Bertz CT molecular complexity index is 509. The lowest BCUT2D eigenvalue weighted by molar-refractivity contribution is 0.0992. The third-order valence-corrected chi connectivity index (χ3v) is 2.48. The molecule has 0 aliphatic heterocycles. The van der Waals surface area contributed by atoms with Crippen molar-refractivity contribution in [2.75, 3.05) is 7.11 Å². The van der Waals surface area contributed by atoms with E-state index in [1.165, 1.54) is 0 Å². The first-order chi connectivity index (χ1) is 8.29. The largest absolute Gasteiger partial charge is 0.497 e. The van der Waals surface area contributed by atoms with Gasteiger partial charge in [-0.2, -0.15) is 0 Å². The topological polar surface area (TPSA) is 39.2 Å². The number of ether oxygens (including phenoxy) is 1. The number of benzene rings is 1. The van der Waals surface area contributed by atoms with Gasteiger partial charge in [-0.15, -0.1) is 0 Å². The van der Waals surface area contributed by atoms with Crippen LogP contribution in [0.15, 0.2) is 48.8 Å². The highest BCUT2D eigenvalue weighted by Crippen LogP contribution is 2.14. The van der Waals surface area contributed by atoms with Gasteiger partial charge in [-0.25, -0.2) is 0 Å². The minimum Gasteiger partial charge on any atom is -0.497 e. The molecule has 86 valence electrons. The van der Waals surface area contributed by atoms with Crippen molar-refractivity contribution >= 4 is 5.78 Å². The van der Waals surface area contributed by atoms with E-state index in [1.807, 2.05) is 24.3 Å². The fraction of sp³-hybridized carbons (Fsp3) is 0.143. The van der Waals surface area contributed by atoms with Gasteiger partial charge in [0.2, 0.25) is 0 Å². The van der Waals surface area contributed by atoms with Crippen LogP contribution in [0.5, 0.6) is 5.75 Å². The Morgan fingerprint density at radius 2 is 2.18 bits per heavy atom. The molecule has 17 heavy (non-hydrogen) atoms. The van der Waals surface area contributed by atoms with Gasteiger partial charge in [0, 0.05) is 24.4 Å². The summed E-state index contributed by atoms with van der Waals surface area (Å²) in [6.45, 7) is 0. The van der Waals surface area contributed by atoms with Gasteiger partial charge in [0.25, 0.3) is 0 Å². The Labute approximate surface area is 100 Å². The van der Waals surface area contributed by atoms with Crippen molar-refractivity contribution in [2.24, 2.45) is 0 Å². The number of hydrogen-bond acceptors (Lipinski definition) is 3. The molecule has 3 nitrogen and oxygen atoms in total. The van der Waals surface area contributed by atoms with E-state index in [0.29, 0.717) is 12.0 Å². The van der Waals surface area contributed by atoms with Crippen LogP contribution in [0, 0.1) is 0 Å². The number of carbonyl (C=O) groups excluding carboxylic acids is 1. The minimum atomic E-state index is 0.0614. The van der Waals surface area contributed by atoms with Crippen LogP contribution in [0.2, 0.25) is 0 Å². The maximum Gasteiger partial charge on any atom is 0.168 e. The lowest BCUT2D eigenvalue weighted by Gasteiger charge is -2.03. The van der Waals surface area contributed by atoms with Gasteiger partial charge < -0.3 is 4.74 Å². The number of hydrogen-bond donors (Lipinski definition) is 0. The summed E-state index contributed by atoms with van der Waals surface area (Å²) in [4.78, 5) is 15.9. The molecular weight excluding hydrogens is 214 g/mol. The number of aromatic nitrogens is 1. The quantitative estimate of drug-likeness (QED) is 0.753. The van der Waals surface area contributed by atoms with E-state index >= 15 is 0 Å². The van der Waals surface area contributed by atoms with E-state index in [9.17, 15) is 4.79 Å². The molecule has 0 aliphatic rings.